The highest BCUT2D eigenvalue weighted by atomic mass is 79.9. The molecule has 0 radical (unpaired) electrons. The maximum absolute atomic E-state index is 12.4. The molecule has 118 valence electrons. The summed E-state index contributed by atoms with van der Waals surface area (Å²) in [4.78, 5) is 0.179. The first kappa shape index (κ1) is 16.7. The number of benzene rings is 1. The lowest BCUT2D eigenvalue weighted by Crippen LogP contribution is -2.30. The number of sulfonamides is 1. The van der Waals surface area contributed by atoms with Gasteiger partial charge in [-0.15, -0.1) is 0 Å². The van der Waals surface area contributed by atoms with Crippen molar-refractivity contribution in [3.8, 4) is 5.75 Å². The summed E-state index contributed by atoms with van der Waals surface area (Å²) in [6.07, 6.45) is 3.08. The molecule has 21 heavy (non-hydrogen) atoms. The minimum atomic E-state index is -3.56. The van der Waals surface area contributed by atoms with Crippen LogP contribution in [0.5, 0.6) is 5.75 Å². The SMILES string of the molecule is CCOc1ccc(Br)cc1S(=O)(=O)NCC[C@@H]1CCCN1. The molecular weight excluding hydrogens is 356 g/mol. The average molecular weight is 377 g/mol. The summed E-state index contributed by atoms with van der Waals surface area (Å²) >= 11 is 3.30. The van der Waals surface area contributed by atoms with Crippen molar-refractivity contribution in [2.45, 2.75) is 37.1 Å². The van der Waals surface area contributed by atoms with Gasteiger partial charge in [-0.25, -0.2) is 13.1 Å². The Balaban J connectivity index is 2.05. The van der Waals surface area contributed by atoms with Crippen molar-refractivity contribution in [1.29, 1.82) is 0 Å². The van der Waals surface area contributed by atoms with E-state index >= 15 is 0 Å². The van der Waals surface area contributed by atoms with Crippen LogP contribution in [0, 0.1) is 0 Å². The van der Waals surface area contributed by atoms with Crippen LogP contribution < -0.4 is 14.8 Å². The maximum atomic E-state index is 12.4. The summed E-state index contributed by atoms with van der Waals surface area (Å²) in [7, 11) is -3.56. The van der Waals surface area contributed by atoms with Crippen molar-refractivity contribution in [3.63, 3.8) is 0 Å². The summed E-state index contributed by atoms with van der Waals surface area (Å²) in [6, 6.07) is 5.43. The fourth-order valence-electron chi connectivity index (χ4n) is 2.42. The Morgan fingerprint density at radius 2 is 2.29 bits per heavy atom. The van der Waals surface area contributed by atoms with Gasteiger partial charge in [0.05, 0.1) is 6.61 Å². The molecular formula is C14H21BrN2O3S. The van der Waals surface area contributed by atoms with Crippen molar-refractivity contribution in [2.24, 2.45) is 0 Å². The van der Waals surface area contributed by atoms with E-state index in [4.69, 9.17) is 4.74 Å². The Hall–Kier alpha value is -0.630. The van der Waals surface area contributed by atoms with E-state index in [2.05, 4.69) is 26.0 Å². The van der Waals surface area contributed by atoms with Gasteiger partial charge in [0, 0.05) is 17.1 Å². The molecule has 5 nitrogen and oxygen atoms in total. The van der Waals surface area contributed by atoms with Gasteiger partial charge in [-0.2, -0.15) is 0 Å². The lowest BCUT2D eigenvalue weighted by atomic mass is 10.2. The average Bonchev–Trinajstić information content (AvgIpc) is 2.94. The van der Waals surface area contributed by atoms with E-state index in [9.17, 15) is 8.42 Å². The zero-order valence-corrected chi connectivity index (χ0v) is 14.5. The normalized spacial score (nSPS) is 18.9. The van der Waals surface area contributed by atoms with E-state index in [1.807, 2.05) is 6.92 Å². The van der Waals surface area contributed by atoms with E-state index in [0.717, 1.165) is 25.8 Å². The Labute approximate surface area is 134 Å². The molecule has 0 aliphatic carbocycles. The molecule has 1 aliphatic heterocycles. The third-order valence-corrected chi connectivity index (χ3v) is 5.42. The van der Waals surface area contributed by atoms with Gasteiger partial charge in [0.2, 0.25) is 10.0 Å². The van der Waals surface area contributed by atoms with Crippen LogP contribution in [0.15, 0.2) is 27.6 Å². The number of rotatable bonds is 7. The van der Waals surface area contributed by atoms with Gasteiger partial charge < -0.3 is 10.1 Å². The highest BCUT2D eigenvalue weighted by Crippen LogP contribution is 2.27. The standard InChI is InChI=1S/C14H21BrN2O3S/c1-2-20-13-6-5-11(15)10-14(13)21(18,19)17-9-7-12-4-3-8-16-12/h5-6,10,12,16-17H,2-4,7-9H2,1H3/t12-/m0/s1. The zero-order chi connectivity index (χ0) is 15.3. The topological polar surface area (TPSA) is 67.4 Å². The van der Waals surface area contributed by atoms with Gasteiger partial charge in [0.25, 0.3) is 0 Å². The Kier molecular flexibility index (Phi) is 6.04. The molecule has 0 saturated carbocycles. The second-order valence-corrected chi connectivity index (χ2v) is 7.65. The van der Waals surface area contributed by atoms with Crippen molar-refractivity contribution in [1.82, 2.24) is 10.0 Å². The van der Waals surface area contributed by atoms with Crippen molar-refractivity contribution >= 4 is 26.0 Å². The fourth-order valence-corrected chi connectivity index (χ4v) is 4.14. The monoisotopic (exact) mass is 376 g/mol. The molecule has 0 aromatic heterocycles. The molecule has 1 aromatic rings. The smallest absolute Gasteiger partial charge is 0.244 e. The number of nitrogens with one attached hydrogen (secondary N) is 2. The van der Waals surface area contributed by atoms with Crippen LogP contribution in [0.4, 0.5) is 0 Å². The predicted molar refractivity (Wildman–Crippen MR) is 86.1 cm³/mol. The second-order valence-electron chi connectivity index (χ2n) is 5.00. The minimum absolute atomic E-state index is 0.179. The first-order chi connectivity index (χ1) is 10.0. The van der Waals surface area contributed by atoms with E-state index in [1.54, 1.807) is 18.2 Å². The van der Waals surface area contributed by atoms with Crippen LogP contribution in [0.25, 0.3) is 0 Å². The van der Waals surface area contributed by atoms with Crippen LogP contribution >= 0.6 is 15.9 Å². The van der Waals surface area contributed by atoms with Gasteiger partial charge in [-0.3, -0.25) is 0 Å². The zero-order valence-electron chi connectivity index (χ0n) is 12.1. The van der Waals surface area contributed by atoms with Gasteiger partial charge in [-0.05, 0) is 50.9 Å². The Morgan fingerprint density at radius 3 is 2.95 bits per heavy atom. The van der Waals surface area contributed by atoms with Crippen LogP contribution in [0.2, 0.25) is 0 Å². The van der Waals surface area contributed by atoms with Crippen LogP contribution in [-0.2, 0) is 10.0 Å². The van der Waals surface area contributed by atoms with Gasteiger partial charge in [0.1, 0.15) is 10.6 Å². The molecule has 0 amide bonds. The number of hydrogen-bond acceptors (Lipinski definition) is 4. The van der Waals surface area contributed by atoms with E-state index in [-0.39, 0.29) is 4.90 Å². The highest BCUT2D eigenvalue weighted by Gasteiger charge is 2.21. The fraction of sp³-hybridized carbons (Fsp3) is 0.571. The molecule has 0 unspecified atom stereocenters. The van der Waals surface area contributed by atoms with Crippen LogP contribution in [-0.4, -0.2) is 34.2 Å². The molecule has 0 bridgehead atoms. The summed E-state index contributed by atoms with van der Waals surface area (Å²) in [6.45, 7) is 3.71. The third-order valence-electron chi connectivity index (χ3n) is 3.44. The first-order valence-corrected chi connectivity index (χ1v) is 9.46. The highest BCUT2D eigenvalue weighted by molar-refractivity contribution is 9.10. The molecule has 1 fully saturated rings. The van der Waals surface area contributed by atoms with E-state index < -0.39 is 10.0 Å². The molecule has 0 spiro atoms. The van der Waals surface area contributed by atoms with Gasteiger partial charge in [0.15, 0.2) is 0 Å². The molecule has 1 aliphatic rings. The summed E-state index contributed by atoms with van der Waals surface area (Å²) in [5.74, 6) is 0.382. The van der Waals surface area contributed by atoms with E-state index in [1.165, 1.54) is 0 Å². The predicted octanol–water partition coefficient (Wildman–Crippen LogP) is 2.27. The first-order valence-electron chi connectivity index (χ1n) is 7.18. The maximum Gasteiger partial charge on any atom is 0.244 e. The van der Waals surface area contributed by atoms with Crippen molar-refractivity contribution in [3.05, 3.63) is 22.7 Å². The second kappa shape index (κ2) is 7.58. The van der Waals surface area contributed by atoms with Crippen molar-refractivity contribution < 1.29 is 13.2 Å². The van der Waals surface area contributed by atoms with Crippen LogP contribution in [0.3, 0.4) is 0 Å². The van der Waals surface area contributed by atoms with E-state index in [0.29, 0.717) is 29.4 Å². The number of hydrogen-bond donors (Lipinski definition) is 2. The Bertz CT molecular complexity index is 572. The number of halogens is 1. The lowest BCUT2D eigenvalue weighted by Gasteiger charge is -2.14. The molecule has 1 aromatic carbocycles. The molecule has 7 heteroatoms. The molecule has 2 rings (SSSR count). The minimum Gasteiger partial charge on any atom is -0.492 e. The van der Waals surface area contributed by atoms with Crippen LogP contribution in [0.1, 0.15) is 26.2 Å². The lowest BCUT2D eigenvalue weighted by molar-refractivity contribution is 0.331. The summed E-state index contributed by atoms with van der Waals surface area (Å²) in [5.41, 5.74) is 0. The molecule has 1 atom stereocenters. The molecule has 1 saturated heterocycles. The summed E-state index contributed by atoms with van der Waals surface area (Å²) in [5, 5.41) is 3.36. The van der Waals surface area contributed by atoms with Gasteiger partial charge in [-0.1, -0.05) is 15.9 Å². The summed E-state index contributed by atoms with van der Waals surface area (Å²) < 4.78 is 33.6. The third kappa shape index (κ3) is 4.67. The molecule has 1 heterocycles. The van der Waals surface area contributed by atoms with Gasteiger partial charge >= 0.3 is 0 Å². The quantitative estimate of drug-likeness (QED) is 0.765. The molecule has 2 N–H and O–H groups in total. The largest absolute Gasteiger partial charge is 0.492 e. The number of ether oxygens (including phenoxy) is 1. The Morgan fingerprint density at radius 1 is 1.48 bits per heavy atom. The van der Waals surface area contributed by atoms with Crippen molar-refractivity contribution in [2.75, 3.05) is 19.7 Å².